The van der Waals surface area contributed by atoms with Crippen molar-refractivity contribution in [1.29, 1.82) is 0 Å². The molecule has 0 saturated carbocycles. The van der Waals surface area contributed by atoms with E-state index in [0.717, 1.165) is 16.8 Å². The molecule has 2 aliphatic heterocycles. The fraction of sp³-hybridized carbons (Fsp3) is 0.538. The molecule has 13 heteroatoms. The van der Waals surface area contributed by atoms with Gasteiger partial charge in [-0.2, -0.15) is 13.2 Å². The average Bonchev–Trinajstić information content (AvgIpc) is 3.47. The van der Waals surface area contributed by atoms with Crippen LogP contribution in [0, 0.1) is 0 Å². The van der Waals surface area contributed by atoms with Gasteiger partial charge in [0.2, 0.25) is 0 Å². The highest BCUT2D eigenvalue weighted by Crippen LogP contribution is 2.39. The minimum atomic E-state index is -4.73. The average molecular weight is 589 g/mol. The summed E-state index contributed by atoms with van der Waals surface area (Å²) >= 11 is 1.46. The fourth-order valence-electron chi connectivity index (χ4n) is 4.14. The van der Waals surface area contributed by atoms with Crippen LogP contribution in [0.15, 0.2) is 46.0 Å². The van der Waals surface area contributed by atoms with E-state index in [0.29, 0.717) is 26.2 Å². The molecular weight excluding hydrogens is 553 g/mol. The molecule has 0 radical (unpaired) electrons. The monoisotopic (exact) mass is 588 g/mol. The lowest BCUT2D eigenvalue weighted by Gasteiger charge is -2.35. The largest absolute Gasteiger partial charge is 0.421 e. The number of rotatable bonds is 5. The first-order chi connectivity index (χ1) is 18.0. The lowest BCUT2D eigenvalue weighted by Crippen LogP contribution is -2.46. The van der Waals surface area contributed by atoms with Crippen molar-refractivity contribution in [3.63, 3.8) is 0 Å². The van der Waals surface area contributed by atoms with Crippen LogP contribution in [0.25, 0.3) is 0 Å². The van der Waals surface area contributed by atoms with Gasteiger partial charge in [0.25, 0.3) is 5.91 Å². The summed E-state index contributed by atoms with van der Waals surface area (Å²) in [4.78, 5) is 28.2. The van der Waals surface area contributed by atoms with Gasteiger partial charge in [-0.15, -0.1) is 11.3 Å². The number of carbonyl (C=O) groups excluding carboxylic acids is 2. The summed E-state index contributed by atoms with van der Waals surface area (Å²) in [6, 6.07) is 9.22. The number of carbonyl (C=O) groups is 2. The molecule has 8 nitrogen and oxygen atoms in total. The second kappa shape index (κ2) is 11.6. The van der Waals surface area contributed by atoms with Gasteiger partial charge >= 0.3 is 12.2 Å². The minimum absolute atomic E-state index is 0.0655. The molecule has 0 bridgehead atoms. The number of hydrogen-bond acceptors (Lipinski definition) is 6. The Bertz CT molecular complexity index is 1180. The summed E-state index contributed by atoms with van der Waals surface area (Å²) in [6.45, 7) is 10.4. The number of benzene rings is 1. The van der Waals surface area contributed by atoms with Gasteiger partial charge in [-0.1, -0.05) is 18.2 Å². The Morgan fingerprint density at radius 2 is 1.59 bits per heavy atom. The number of piperazine rings is 1. The molecule has 39 heavy (non-hydrogen) atoms. The Labute approximate surface area is 233 Å². The Morgan fingerprint density at radius 3 is 1.97 bits per heavy atom. The fourth-order valence-corrected chi connectivity index (χ4v) is 6.35. The lowest BCUT2D eigenvalue weighted by atomic mass is 9.95. The third-order valence-electron chi connectivity index (χ3n) is 7.08. The number of amides is 3. The zero-order chi connectivity index (χ0) is 29.3. The van der Waals surface area contributed by atoms with Crippen molar-refractivity contribution in [2.24, 2.45) is 0 Å². The van der Waals surface area contributed by atoms with Gasteiger partial charge in [0, 0.05) is 45.0 Å². The van der Waals surface area contributed by atoms with E-state index in [9.17, 15) is 32.1 Å². The SMILES string of the molecule is CC(C)N1C(=O)N(C)C(C)(C)C1=O.CC(O)(c1ccc(N2CCN(S(=O)c3cccs3)CC2)cc1)C(F)(F)F. The molecule has 2 aromatic rings. The van der Waals surface area contributed by atoms with Crippen molar-refractivity contribution in [2.45, 2.75) is 62.2 Å². The molecule has 216 valence electrons. The Kier molecular flexibility index (Phi) is 9.20. The zero-order valence-electron chi connectivity index (χ0n) is 22.9. The van der Waals surface area contributed by atoms with E-state index >= 15 is 0 Å². The van der Waals surface area contributed by atoms with Crippen LogP contribution in [-0.2, 0) is 21.4 Å². The number of nitrogens with zero attached hydrogens (tertiary/aromatic N) is 4. The molecule has 1 aromatic carbocycles. The number of imide groups is 1. The predicted octanol–water partition coefficient (Wildman–Crippen LogP) is 4.43. The van der Waals surface area contributed by atoms with Crippen molar-refractivity contribution in [3.8, 4) is 0 Å². The minimum Gasteiger partial charge on any atom is -0.376 e. The molecule has 4 rings (SSSR count). The summed E-state index contributed by atoms with van der Waals surface area (Å²) in [6.07, 6.45) is -4.73. The topological polar surface area (TPSA) is 84.4 Å². The predicted molar refractivity (Wildman–Crippen MR) is 146 cm³/mol. The van der Waals surface area contributed by atoms with Gasteiger partial charge in [-0.25, -0.2) is 13.3 Å². The molecule has 2 unspecified atom stereocenters. The van der Waals surface area contributed by atoms with Crippen molar-refractivity contribution in [1.82, 2.24) is 14.1 Å². The molecule has 3 heterocycles. The van der Waals surface area contributed by atoms with Gasteiger partial charge < -0.3 is 14.9 Å². The maximum Gasteiger partial charge on any atom is 0.421 e. The highest BCUT2D eigenvalue weighted by molar-refractivity contribution is 7.85. The number of anilines is 1. The van der Waals surface area contributed by atoms with Crippen LogP contribution in [-0.4, -0.2) is 86.3 Å². The molecule has 0 spiro atoms. The maximum atomic E-state index is 12.9. The summed E-state index contributed by atoms with van der Waals surface area (Å²) in [5.41, 5.74) is -2.97. The second-order valence-corrected chi connectivity index (χ2v) is 13.0. The highest BCUT2D eigenvalue weighted by Gasteiger charge is 2.51. The maximum absolute atomic E-state index is 12.9. The summed E-state index contributed by atoms with van der Waals surface area (Å²) in [7, 11) is 0.487. The van der Waals surface area contributed by atoms with Gasteiger partial charge in [0.05, 0.1) is 0 Å². The van der Waals surface area contributed by atoms with E-state index in [2.05, 4.69) is 0 Å². The van der Waals surface area contributed by atoms with Crippen LogP contribution < -0.4 is 4.90 Å². The van der Waals surface area contributed by atoms with Crippen molar-refractivity contribution < 1.29 is 32.1 Å². The number of urea groups is 1. The van der Waals surface area contributed by atoms with Crippen molar-refractivity contribution in [3.05, 3.63) is 47.3 Å². The number of thiophene rings is 1. The first kappa shape index (κ1) is 31.1. The molecule has 2 fully saturated rings. The number of hydrogen-bond donors (Lipinski definition) is 1. The van der Waals surface area contributed by atoms with E-state index < -0.39 is 28.3 Å². The van der Waals surface area contributed by atoms with Crippen molar-refractivity contribution in [2.75, 3.05) is 38.1 Å². The van der Waals surface area contributed by atoms with E-state index in [4.69, 9.17) is 0 Å². The third-order valence-corrected chi connectivity index (χ3v) is 9.77. The van der Waals surface area contributed by atoms with Crippen LogP contribution in [0.3, 0.4) is 0 Å². The van der Waals surface area contributed by atoms with E-state index in [-0.39, 0.29) is 23.5 Å². The first-order valence-corrected chi connectivity index (χ1v) is 14.4. The number of likely N-dealkylation sites (N-methyl/N-ethyl adjacent to an activating group) is 1. The van der Waals surface area contributed by atoms with E-state index in [1.807, 2.05) is 40.6 Å². The molecular formula is C26H35F3N4O4S2. The van der Waals surface area contributed by atoms with Crippen molar-refractivity contribution >= 4 is 39.9 Å². The van der Waals surface area contributed by atoms with Gasteiger partial charge in [0.15, 0.2) is 5.60 Å². The number of halogens is 3. The van der Waals surface area contributed by atoms with Crippen LogP contribution in [0.2, 0.25) is 0 Å². The summed E-state index contributed by atoms with van der Waals surface area (Å²) in [5, 5.41) is 11.6. The van der Waals surface area contributed by atoms with E-state index in [1.165, 1.54) is 33.3 Å². The molecule has 3 amide bonds. The number of aliphatic hydroxyl groups is 1. The van der Waals surface area contributed by atoms with Crippen LogP contribution in [0.4, 0.5) is 23.7 Å². The highest BCUT2D eigenvalue weighted by atomic mass is 32.2. The Hall–Kier alpha value is -2.48. The summed E-state index contributed by atoms with van der Waals surface area (Å²) in [5.74, 6) is -0.116. The second-order valence-electron chi connectivity index (χ2n) is 10.4. The molecule has 0 aliphatic carbocycles. The normalized spacial score (nSPS) is 20.6. The Balaban J connectivity index is 0.000000272. The molecule has 2 aliphatic rings. The molecule has 2 saturated heterocycles. The van der Waals surface area contributed by atoms with Gasteiger partial charge in [-0.05, 0) is 63.8 Å². The van der Waals surface area contributed by atoms with Crippen LogP contribution in [0.1, 0.15) is 40.2 Å². The quantitative estimate of drug-likeness (QED) is 0.523. The molecule has 2 atom stereocenters. The van der Waals surface area contributed by atoms with Gasteiger partial charge in [0.1, 0.15) is 20.7 Å². The van der Waals surface area contributed by atoms with Crippen LogP contribution in [0.5, 0.6) is 0 Å². The van der Waals surface area contributed by atoms with Gasteiger partial charge in [-0.3, -0.25) is 9.69 Å². The first-order valence-electron chi connectivity index (χ1n) is 12.5. The lowest BCUT2D eigenvalue weighted by molar-refractivity contribution is -0.258. The van der Waals surface area contributed by atoms with Crippen LogP contribution >= 0.6 is 11.3 Å². The molecule has 1 N–H and O–H groups in total. The molecule has 1 aromatic heterocycles. The Morgan fingerprint density at radius 1 is 1.03 bits per heavy atom. The summed E-state index contributed by atoms with van der Waals surface area (Å²) < 4.78 is 53.9. The zero-order valence-corrected chi connectivity index (χ0v) is 24.5. The smallest absolute Gasteiger partial charge is 0.376 e. The standard InChI is InChI=1S/C17H19F3N2O2S2.C9H16N2O2/c1-16(23,17(18,19)20)13-4-6-14(7-5-13)21-8-10-22(11-9-21)26(24)15-3-2-12-25-15;1-6(2)11-7(12)9(3,4)10(5)8(11)13/h2-7,12,23H,8-11H2,1H3;6H,1-5H3. The number of alkyl halides is 3. The third kappa shape index (κ3) is 6.31. The van der Waals surface area contributed by atoms with E-state index in [1.54, 1.807) is 33.0 Å².